The molecule has 0 saturated heterocycles. The Morgan fingerprint density at radius 3 is 2.33 bits per heavy atom. The van der Waals surface area contributed by atoms with Gasteiger partial charge in [-0.15, -0.1) is 0 Å². The molecule has 0 spiro atoms. The van der Waals surface area contributed by atoms with Gasteiger partial charge in [0.25, 0.3) is 0 Å². The second-order valence-electron chi connectivity index (χ2n) is 4.90. The first-order valence-electron chi connectivity index (χ1n) is 5.55. The van der Waals surface area contributed by atoms with Crippen LogP contribution in [0.15, 0.2) is 30.6 Å². The summed E-state index contributed by atoms with van der Waals surface area (Å²) in [6.45, 7) is 3.64. The maximum absolute atomic E-state index is 13.1. The minimum atomic E-state index is -0.892. The Morgan fingerprint density at radius 2 is 1.78 bits per heavy atom. The van der Waals surface area contributed by atoms with Gasteiger partial charge in [-0.3, -0.25) is 4.68 Å². The van der Waals surface area contributed by atoms with Crippen LogP contribution in [0.3, 0.4) is 0 Å². The smallest absolute Gasteiger partial charge is 0.126 e. The van der Waals surface area contributed by atoms with Gasteiger partial charge in [0.2, 0.25) is 0 Å². The highest BCUT2D eigenvalue weighted by Crippen LogP contribution is 2.21. The molecule has 0 aliphatic carbocycles. The minimum Gasteiger partial charge on any atom is -0.389 e. The van der Waals surface area contributed by atoms with Gasteiger partial charge in [0.15, 0.2) is 0 Å². The van der Waals surface area contributed by atoms with Crippen molar-refractivity contribution in [2.75, 3.05) is 0 Å². The molecule has 2 rings (SSSR count). The average Bonchev–Trinajstić information content (AvgIpc) is 2.61. The zero-order valence-corrected chi connectivity index (χ0v) is 10.2. The molecule has 1 heterocycles. The summed E-state index contributed by atoms with van der Waals surface area (Å²) in [5.74, 6) is -1.25. The molecule has 1 aromatic carbocycles. The number of benzene rings is 1. The van der Waals surface area contributed by atoms with Gasteiger partial charge in [0, 0.05) is 17.8 Å². The highest BCUT2D eigenvalue weighted by molar-refractivity contribution is 5.61. The van der Waals surface area contributed by atoms with Crippen molar-refractivity contribution in [1.29, 1.82) is 0 Å². The monoisotopic (exact) mass is 252 g/mol. The number of aliphatic hydroxyl groups is 1. The molecule has 0 radical (unpaired) electrons. The molecule has 0 fully saturated rings. The maximum atomic E-state index is 13.1. The van der Waals surface area contributed by atoms with Gasteiger partial charge >= 0.3 is 0 Å². The van der Waals surface area contributed by atoms with E-state index in [1.54, 1.807) is 20.0 Å². The lowest BCUT2D eigenvalue weighted by Crippen LogP contribution is -2.26. The summed E-state index contributed by atoms with van der Waals surface area (Å²) in [6, 6.07) is 3.31. The van der Waals surface area contributed by atoms with Crippen molar-refractivity contribution >= 4 is 0 Å². The van der Waals surface area contributed by atoms with Crippen molar-refractivity contribution in [1.82, 2.24) is 9.78 Å². The van der Waals surface area contributed by atoms with Gasteiger partial charge in [-0.05, 0) is 31.5 Å². The van der Waals surface area contributed by atoms with E-state index in [1.807, 2.05) is 0 Å². The van der Waals surface area contributed by atoms with Crippen LogP contribution in [0.2, 0.25) is 0 Å². The molecule has 18 heavy (non-hydrogen) atoms. The predicted octanol–water partition coefficient (Wildman–Crippen LogP) is 2.60. The van der Waals surface area contributed by atoms with E-state index in [0.717, 1.165) is 6.07 Å². The van der Waals surface area contributed by atoms with Gasteiger partial charge in [-0.1, -0.05) is 0 Å². The second kappa shape index (κ2) is 4.49. The lowest BCUT2D eigenvalue weighted by molar-refractivity contribution is 0.0577. The van der Waals surface area contributed by atoms with Crippen LogP contribution >= 0.6 is 0 Å². The first-order chi connectivity index (χ1) is 8.33. The predicted molar refractivity (Wildman–Crippen MR) is 63.9 cm³/mol. The molecule has 0 amide bonds. The molecule has 2 aromatic rings. The molecule has 0 saturated carbocycles. The zero-order valence-electron chi connectivity index (χ0n) is 10.2. The average molecular weight is 252 g/mol. The number of nitrogens with zero attached hydrogens (tertiary/aromatic N) is 2. The minimum absolute atomic E-state index is 0.310. The highest BCUT2D eigenvalue weighted by atomic mass is 19.1. The van der Waals surface area contributed by atoms with E-state index in [0.29, 0.717) is 17.7 Å². The van der Waals surface area contributed by atoms with Gasteiger partial charge in [-0.2, -0.15) is 5.10 Å². The summed E-state index contributed by atoms with van der Waals surface area (Å²) in [5.41, 5.74) is 0.142. The third-order valence-electron chi connectivity index (χ3n) is 2.38. The molecular weight excluding hydrogens is 238 g/mol. The van der Waals surface area contributed by atoms with Gasteiger partial charge in [0.05, 0.1) is 18.3 Å². The van der Waals surface area contributed by atoms with Crippen molar-refractivity contribution < 1.29 is 13.9 Å². The molecule has 0 aliphatic rings. The van der Waals surface area contributed by atoms with Crippen LogP contribution in [0, 0.1) is 11.6 Å². The topological polar surface area (TPSA) is 38.0 Å². The van der Waals surface area contributed by atoms with E-state index in [9.17, 15) is 13.9 Å². The number of aromatic nitrogens is 2. The summed E-state index contributed by atoms with van der Waals surface area (Å²) in [7, 11) is 0. The SMILES string of the molecule is CC(C)(O)Cn1cc(-c2cc(F)cc(F)c2)cn1. The largest absolute Gasteiger partial charge is 0.389 e. The van der Waals surface area contributed by atoms with Crippen molar-refractivity contribution in [3.05, 3.63) is 42.2 Å². The van der Waals surface area contributed by atoms with E-state index in [1.165, 1.54) is 23.0 Å². The summed E-state index contributed by atoms with van der Waals surface area (Å²) in [4.78, 5) is 0. The molecule has 0 atom stereocenters. The first-order valence-corrected chi connectivity index (χ1v) is 5.55. The van der Waals surface area contributed by atoms with Gasteiger partial charge in [-0.25, -0.2) is 8.78 Å². The van der Waals surface area contributed by atoms with Gasteiger partial charge < -0.3 is 5.11 Å². The van der Waals surface area contributed by atoms with Crippen LogP contribution in [0.1, 0.15) is 13.8 Å². The molecule has 3 nitrogen and oxygen atoms in total. The summed E-state index contributed by atoms with van der Waals surface area (Å²) >= 11 is 0. The molecular formula is C13H14F2N2O. The van der Waals surface area contributed by atoms with Crippen molar-refractivity contribution in [2.45, 2.75) is 26.0 Å². The van der Waals surface area contributed by atoms with Gasteiger partial charge in [0.1, 0.15) is 11.6 Å². The van der Waals surface area contributed by atoms with Crippen LogP contribution in [-0.4, -0.2) is 20.5 Å². The standard InChI is InChI=1S/C13H14F2N2O/c1-13(2,18)8-17-7-10(6-16-17)9-3-11(14)5-12(15)4-9/h3-7,18H,8H2,1-2H3. The zero-order chi connectivity index (χ0) is 13.3. The fraction of sp³-hybridized carbons (Fsp3) is 0.308. The number of hydrogen-bond donors (Lipinski definition) is 1. The fourth-order valence-electron chi connectivity index (χ4n) is 1.72. The highest BCUT2D eigenvalue weighted by Gasteiger charge is 2.14. The van der Waals surface area contributed by atoms with E-state index in [2.05, 4.69) is 5.10 Å². The Labute approximate surface area is 104 Å². The quantitative estimate of drug-likeness (QED) is 0.911. The van der Waals surface area contributed by atoms with Crippen LogP contribution in [0.4, 0.5) is 8.78 Å². The molecule has 1 aromatic heterocycles. The molecule has 5 heteroatoms. The van der Waals surface area contributed by atoms with Crippen LogP contribution in [0.5, 0.6) is 0 Å². The van der Waals surface area contributed by atoms with Crippen LogP contribution < -0.4 is 0 Å². The van der Waals surface area contributed by atoms with E-state index < -0.39 is 17.2 Å². The van der Waals surface area contributed by atoms with Crippen molar-refractivity contribution in [3.63, 3.8) is 0 Å². The molecule has 1 N–H and O–H groups in total. The molecule has 0 bridgehead atoms. The number of rotatable bonds is 3. The molecule has 0 aliphatic heterocycles. The third-order valence-corrected chi connectivity index (χ3v) is 2.38. The summed E-state index contributed by atoms with van der Waals surface area (Å²) < 4.78 is 27.7. The second-order valence-corrected chi connectivity index (χ2v) is 4.90. The lowest BCUT2D eigenvalue weighted by atomic mass is 10.1. The van der Waals surface area contributed by atoms with Crippen molar-refractivity contribution in [3.8, 4) is 11.1 Å². The van der Waals surface area contributed by atoms with E-state index in [4.69, 9.17) is 0 Å². The third kappa shape index (κ3) is 3.13. The Morgan fingerprint density at radius 1 is 1.17 bits per heavy atom. The number of hydrogen-bond acceptors (Lipinski definition) is 2. The normalized spacial score (nSPS) is 11.8. The Bertz CT molecular complexity index is 538. The Balaban J connectivity index is 2.29. The van der Waals surface area contributed by atoms with Crippen molar-refractivity contribution in [2.24, 2.45) is 0 Å². The Hall–Kier alpha value is -1.75. The van der Waals surface area contributed by atoms with E-state index >= 15 is 0 Å². The molecule has 0 unspecified atom stereocenters. The summed E-state index contributed by atoms with van der Waals surface area (Å²) in [6.07, 6.45) is 3.16. The lowest BCUT2D eigenvalue weighted by Gasteiger charge is -2.16. The number of halogens is 2. The summed E-state index contributed by atoms with van der Waals surface area (Å²) in [5, 5.41) is 13.7. The van der Waals surface area contributed by atoms with Crippen LogP contribution in [0.25, 0.3) is 11.1 Å². The maximum Gasteiger partial charge on any atom is 0.126 e. The first kappa shape index (κ1) is 12.7. The van der Waals surface area contributed by atoms with Crippen LogP contribution in [-0.2, 0) is 6.54 Å². The van der Waals surface area contributed by atoms with E-state index in [-0.39, 0.29) is 0 Å². The Kier molecular flexibility index (Phi) is 3.17. The molecule has 96 valence electrons. The fourth-order valence-corrected chi connectivity index (χ4v) is 1.72.